The van der Waals surface area contributed by atoms with Crippen LogP contribution >= 0.6 is 0 Å². The number of hydrogen-bond acceptors (Lipinski definition) is 5. The predicted molar refractivity (Wildman–Crippen MR) is 125 cm³/mol. The van der Waals surface area contributed by atoms with E-state index in [2.05, 4.69) is 10.2 Å². The summed E-state index contributed by atoms with van der Waals surface area (Å²) in [5.41, 5.74) is 3.28. The molecule has 170 valence electrons. The number of rotatable bonds is 6. The average molecular weight is 448 g/mol. The van der Waals surface area contributed by atoms with E-state index in [0.29, 0.717) is 35.6 Å². The number of nitrogens with zero attached hydrogens (tertiary/aromatic N) is 1. The molecule has 0 radical (unpaired) electrons. The van der Waals surface area contributed by atoms with E-state index in [9.17, 15) is 14.0 Å². The third-order valence-corrected chi connectivity index (χ3v) is 5.44. The molecule has 1 saturated heterocycles. The molecule has 0 bridgehead atoms. The summed E-state index contributed by atoms with van der Waals surface area (Å²) >= 11 is 0. The number of amides is 1. The molecule has 1 aliphatic rings. The zero-order valence-electron chi connectivity index (χ0n) is 18.3. The van der Waals surface area contributed by atoms with E-state index >= 15 is 0 Å². The smallest absolute Gasteiger partial charge is 0.338 e. The Balaban J connectivity index is 1.47. The number of hydrogen-bond donors (Lipinski definition) is 1. The molecule has 0 saturated carbocycles. The van der Waals surface area contributed by atoms with E-state index < -0.39 is 11.8 Å². The molecule has 0 spiro atoms. The summed E-state index contributed by atoms with van der Waals surface area (Å²) in [4.78, 5) is 26.8. The van der Waals surface area contributed by atoms with Crippen molar-refractivity contribution in [2.75, 3.05) is 43.1 Å². The molecule has 0 aliphatic carbocycles. The topological polar surface area (TPSA) is 67.9 Å². The van der Waals surface area contributed by atoms with Crippen LogP contribution in [0.25, 0.3) is 11.1 Å². The summed E-state index contributed by atoms with van der Waals surface area (Å²) in [6.07, 6.45) is 0. The van der Waals surface area contributed by atoms with E-state index in [1.54, 1.807) is 31.2 Å². The van der Waals surface area contributed by atoms with Gasteiger partial charge in [0.25, 0.3) is 5.91 Å². The molecule has 7 heteroatoms. The van der Waals surface area contributed by atoms with E-state index in [1.807, 2.05) is 24.3 Å². The summed E-state index contributed by atoms with van der Waals surface area (Å²) in [7, 11) is 0. The Labute approximate surface area is 191 Å². The van der Waals surface area contributed by atoms with Gasteiger partial charge in [0.1, 0.15) is 5.82 Å². The number of benzene rings is 3. The molecule has 1 fully saturated rings. The molecule has 33 heavy (non-hydrogen) atoms. The van der Waals surface area contributed by atoms with Gasteiger partial charge in [-0.1, -0.05) is 12.1 Å². The van der Waals surface area contributed by atoms with Crippen LogP contribution in [0.3, 0.4) is 0 Å². The summed E-state index contributed by atoms with van der Waals surface area (Å²) in [5.74, 6) is -1.22. The zero-order valence-corrected chi connectivity index (χ0v) is 18.3. The van der Waals surface area contributed by atoms with Gasteiger partial charge in [0.15, 0.2) is 0 Å². The maximum atomic E-state index is 14.5. The first-order valence-corrected chi connectivity index (χ1v) is 10.9. The highest BCUT2D eigenvalue weighted by Gasteiger charge is 2.14. The van der Waals surface area contributed by atoms with Crippen molar-refractivity contribution in [3.63, 3.8) is 0 Å². The van der Waals surface area contributed by atoms with Crippen molar-refractivity contribution in [3.8, 4) is 11.1 Å². The van der Waals surface area contributed by atoms with E-state index in [-0.39, 0.29) is 18.1 Å². The van der Waals surface area contributed by atoms with Gasteiger partial charge in [-0.2, -0.15) is 0 Å². The number of carbonyl (C=O) groups is 2. The van der Waals surface area contributed by atoms with Gasteiger partial charge in [-0.25, -0.2) is 9.18 Å². The fourth-order valence-corrected chi connectivity index (χ4v) is 3.67. The van der Waals surface area contributed by atoms with Crippen LogP contribution in [0.5, 0.6) is 0 Å². The average Bonchev–Trinajstić information content (AvgIpc) is 2.85. The second kappa shape index (κ2) is 10.3. The Morgan fingerprint density at radius 3 is 2.30 bits per heavy atom. The monoisotopic (exact) mass is 448 g/mol. The summed E-state index contributed by atoms with van der Waals surface area (Å²) < 4.78 is 24.9. The van der Waals surface area contributed by atoms with Gasteiger partial charge in [0, 0.05) is 35.6 Å². The van der Waals surface area contributed by atoms with Crippen LogP contribution in [-0.2, 0) is 9.47 Å². The first-order valence-electron chi connectivity index (χ1n) is 10.9. The van der Waals surface area contributed by atoms with Crippen LogP contribution in [0, 0.1) is 5.82 Å². The molecule has 3 aromatic rings. The highest BCUT2D eigenvalue weighted by molar-refractivity contribution is 6.05. The summed E-state index contributed by atoms with van der Waals surface area (Å²) in [5, 5.41) is 2.86. The minimum atomic E-state index is -0.453. The van der Waals surface area contributed by atoms with E-state index in [4.69, 9.17) is 9.47 Å². The number of morpholine rings is 1. The van der Waals surface area contributed by atoms with Crippen molar-refractivity contribution in [1.82, 2.24) is 0 Å². The largest absolute Gasteiger partial charge is 0.462 e. The number of carbonyl (C=O) groups excluding carboxylic acids is 2. The first-order chi connectivity index (χ1) is 16.0. The molecule has 1 heterocycles. The number of esters is 1. The molecule has 0 aromatic heterocycles. The fraction of sp³-hybridized carbons (Fsp3) is 0.231. The normalized spacial score (nSPS) is 13.5. The summed E-state index contributed by atoms with van der Waals surface area (Å²) in [6, 6.07) is 18.3. The summed E-state index contributed by atoms with van der Waals surface area (Å²) in [6.45, 7) is 5.10. The SMILES string of the molecule is CCOC(=O)c1ccc(-c2cc(C(=O)Nc3ccc(N4CCOCC4)cc3)ccc2F)cc1. The number of halogens is 1. The third-order valence-electron chi connectivity index (χ3n) is 5.44. The highest BCUT2D eigenvalue weighted by Crippen LogP contribution is 2.26. The molecule has 1 aliphatic heterocycles. The van der Waals surface area contributed by atoms with Crippen molar-refractivity contribution in [2.45, 2.75) is 6.92 Å². The van der Waals surface area contributed by atoms with Crippen LogP contribution in [0.1, 0.15) is 27.6 Å². The minimum absolute atomic E-state index is 0.278. The molecule has 0 unspecified atom stereocenters. The van der Waals surface area contributed by atoms with Crippen LogP contribution < -0.4 is 10.2 Å². The quantitative estimate of drug-likeness (QED) is 0.551. The van der Waals surface area contributed by atoms with Crippen LogP contribution in [0.15, 0.2) is 66.7 Å². The van der Waals surface area contributed by atoms with E-state index in [1.165, 1.54) is 18.2 Å². The molecule has 6 nitrogen and oxygen atoms in total. The van der Waals surface area contributed by atoms with Crippen LogP contribution in [-0.4, -0.2) is 44.8 Å². The molecule has 3 aromatic carbocycles. The zero-order chi connectivity index (χ0) is 23.2. The number of ether oxygens (including phenoxy) is 2. The van der Waals surface area contributed by atoms with Gasteiger partial charge in [-0.3, -0.25) is 4.79 Å². The first kappa shape index (κ1) is 22.5. The van der Waals surface area contributed by atoms with Crippen molar-refractivity contribution < 1.29 is 23.5 Å². The highest BCUT2D eigenvalue weighted by atomic mass is 19.1. The van der Waals surface area contributed by atoms with Crippen LogP contribution in [0.4, 0.5) is 15.8 Å². The lowest BCUT2D eigenvalue weighted by atomic mass is 10.0. The molecular formula is C26H25FN2O4. The standard InChI is InChI=1S/C26H25FN2O4/c1-2-33-26(31)19-5-3-18(4-6-19)23-17-20(7-12-24(23)27)25(30)28-21-8-10-22(11-9-21)29-13-15-32-16-14-29/h3-12,17H,2,13-16H2,1H3,(H,28,30). The number of nitrogens with one attached hydrogen (secondary N) is 1. The second-order valence-corrected chi connectivity index (χ2v) is 7.59. The lowest BCUT2D eigenvalue weighted by Gasteiger charge is -2.28. The lowest BCUT2D eigenvalue weighted by Crippen LogP contribution is -2.36. The van der Waals surface area contributed by atoms with Gasteiger partial charge >= 0.3 is 5.97 Å². The molecule has 0 atom stereocenters. The fourth-order valence-electron chi connectivity index (χ4n) is 3.67. The Morgan fingerprint density at radius 1 is 0.970 bits per heavy atom. The molecule has 1 amide bonds. The Bertz CT molecular complexity index is 1120. The maximum Gasteiger partial charge on any atom is 0.338 e. The van der Waals surface area contributed by atoms with Crippen molar-refractivity contribution in [3.05, 3.63) is 83.7 Å². The van der Waals surface area contributed by atoms with Crippen molar-refractivity contribution in [1.29, 1.82) is 0 Å². The van der Waals surface area contributed by atoms with Gasteiger partial charge < -0.3 is 19.7 Å². The Hall–Kier alpha value is -3.71. The van der Waals surface area contributed by atoms with Gasteiger partial charge in [0.2, 0.25) is 0 Å². The predicted octanol–water partition coefficient (Wildman–Crippen LogP) is 4.76. The van der Waals surface area contributed by atoms with Gasteiger partial charge in [-0.05, 0) is 67.1 Å². The molecular weight excluding hydrogens is 423 g/mol. The number of anilines is 2. The van der Waals surface area contributed by atoms with Gasteiger partial charge in [0.05, 0.1) is 25.4 Å². The van der Waals surface area contributed by atoms with Gasteiger partial charge in [-0.15, -0.1) is 0 Å². The second-order valence-electron chi connectivity index (χ2n) is 7.59. The third kappa shape index (κ3) is 5.38. The van der Waals surface area contributed by atoms with Crippen LogP contribution in [0.2, 0.25) is 0 Å². The minimum Gasteiger partial charge on any atom is -0.462 e. The Kier molecular flexibility index (Phi) is 7.00. The molecule has 1 N–H and O–H groups in total. The van der Waals surface area contributed by atoms with Crippen molar-refractivity contribution in [2.24, 2.45) is 0 Å². The Morgan fingerprint density at radius 2 is 1.64 bits per heavy atom. The van der Waals surface area contributed by atoms with Crippen molar-refractivity contribution >= 4 is 23.3 Å². The maximum absolute atomic E-state index is 14.5. The molecule has 4 rings (SSSR count). The van der Waals surface area contributed by atoms with E-state index in [0.717, 1.165) is 18.8 Å². The lowest BCUT2D eigenvalue weighted by molar-refractivity contribution is 0.0526.